The molecule has 2 N–H and O–H groups in total. The van der Waals surface area contributed by atoms with Crippen LogP contribution in [0.3, 0.4) is 0 Å². The van der Waals surface area contributed by atoms with E-state index in [-0.39, 0.29) is 42.6 Å². The van der Waals surface area contributed by atoms with E-state index in [2.05, 4.69) is 10.2 Å². The number of nitrogens with one attached hydrogen (secondary N) is 1. The molecule has 3 aromatic carbocycles. The van der Waals surface area contributed by atoms with Gasteiger partial charge in [0.25, 0.3) is 11.8 Å². The second-order valence-electron chi connectivity index (χ2n) is 15.2. The molecule has 3 aliphatic rings. The normalized spacial score (nSPS) is 18.7. The van der Waals surface area contributed by atoms with E-state index in [1.165, 1.54) is 6.07 Å². The average Bonchev–Trinajstić information content (AvgIpc) is 3.97. The van der Waals surface area contributed by atoms with Crippen LogP contribution in [0.4, 0.5) is 23.2 Å². The number of anilines is 1. The Morgan fingerprint density at radius 3 is 2.57 bits per heavy atom. The first-order chi connectivity index (χ1) is 27.7. The summed E-state index contributed by atoms with van der Waals surface area (Å²) in [4.78, 5) is 40.6. The highest BCUT2D eigenvalue weighted by atomic mass is 35.5. The van der Waals surface area contributed by atoms with E-state index >= 15 is 0 Å². The zero-order valence-corrected chi connectivity index (χ0v) is 32.7. The molecule has 0 aliphatic carbocycles. The minimum Gasteiger partial charge on any atom is -0.480 e. The average molecular weight is 824 g/mol. The van der Waals surface area contributed by atoms with Gasteiger partial charge in [-0.2, -0.15) is 8.78 Å². The molecule has 0 saturated carbocycles. The Morgan fingerprint density at radius 1 is 1.05 bits per heavy atom. The number of fused-ring (bicyclic) bond motifs is 2. The maximum atomic E-state index is 13.7. The topological polar surface area (TPSA) is 129 Å². The number of likely N-dealkylation sites (tertiary alicyclic amines) is 2. The fraction of sp³-hybridized carbons (Fsp3) is 0.415. The van der Waals surface area contributed by atoms with Crippen LogP contribution in [-0.2, 0) is 31.4 Å². The standard InChI is InChI=1S/C41H42ClF4N7O5/c1-23-25(6-3-7-26(23)38-49-29-18-24(20-53-13-5-10-32(53)39(55)56)33(58-40(43)44)19-34(29)57-38)27-8-4-9-28(35(27)42)48-37(54)36-47-30-21-51(14-11-31(30)50(36)2)16-17-52-15-12-41(45,46)22-52/h3-4,6-9,18-19,32,40H,5,10-17,20-22H2,1-2H3,(H,48,54)(H,55,56)/t32-/m0/s1. The Labute approximate surface area is 336 Å². The molecule has 3 aliphatic heterocycles. The lowest BCUT2D eigenvalue weighted by molar-refractivity contribution is -0.142. The molecule has 1 atom stereocenters. The number of nitrogens with zero attached hydrogens (tertiary/aromatic N) is 6. The molecule has 0 bridgehead atoms. The lowest BCUT2D eigenvalue weighted by Crippen LogP contribution is -2.38. The summed E-state index contributed by atoms with van der Waals surface area (Å²) >= 11 is 7.00. The number of carbonyl (C=O) groups excluding carboxylic acids is 1. The van der Waals surface area contributed by atoms with Crippen LogP contribution in [-0.4, -0.2) is 104 Å². The molecule has 1 amide bonds. The van der Waals surface area contributed by atoms with Crippen molar-refractivity contribution in [1.29, 1.82) is 0 Å². The molecule has 0 unspecified atom stereocenters. The van der Waals surface area contributed by atoms with Crippen molar-refractivity contribution in [1.82, 2.24) is 29.2 Å². The van der Waals surface area contributed by atoms with Gasteiger partial charge in [-0.3, -0.25) is 24.3 Å². The Bertz CT molecular complexity index is 2390. The van der Waals surface area contributed by atoms with E-state index < -0.39 is 30.5 Å². The number of carboxylic acid groups (broad SMARTS) is 1. The Hall–Kier alpha value is -5.03. The lowest BCUT2D eigenvalue weighted by atomic mass is 9.96. The van der Waals surface area contributed by atoms with Crippen molar-refractivity contribution < 1.29 is 41.4 Å². The fourth-order valence-corrected chi connectivity index (χ4v) is 8.66. The Balaban J connectivity index is 1.01. The minimum absolute atomic E-state index is 0.0878. The van der Waals surface area contributed by atoms with Gasteiger partial charge < -0.3 is 24.1 Å². The predicted molar refractivity (Wildman–Crippen MR) is 208 cm³/mol. The number of amides is 1. The highest BCUT2D eigenvalue weighted by molar-refractivity contribution is 6.36. The zero-order valence-electron chi connectivity index (χ0n) is 31.9. The third kappa shape index (κ3) is 8.02. The van der Waals surface area contributed by atoms with Crippen LogP contribution in [0.2, 0.25) is 5.02 Å². The van der Waals surface area contributed by atoms with E-state index in [0.29, 0.717) is 84.9 Å². The van der Waals surface area contributed by atoms with Crippen molar-refractivity contribution in [2.75, 3.05) is 44.6 Å². The molecule has 5 aromatic rings. The van der Waals surface area contributed by atoms with Crippen LogP contribution in [0.15, 0.2) is 52.9 Å². The van der Waals surface area contributed by atoms with Gasteiger partial charge in [0.1, 0.15) is 17.3 Å². The highest BCUT2D eigenvalue weighted by Gasteiger charge is 2.38. The van der Waals surface area contributed by atoms with Gasteiger partial charge >= 0.3 is 12.6 Å². The summed E-state index contributed by atoms with van der Waals surface area (Å²) < 4.78 is 67.1. The zero-order chi connectivity index (χ0) is 40.9. The van der Waals surface area contributed by atoms with Crippen molar-refractivity contribution in [2.24, 2.45) is 7.05 Å². The Morgan fingerprint density at radius 2 is 1.81 bits per heavy atom. The molecular formula is C41H42ClF4N7O5. The number of halogens is 5. The number of ether oxygens (including phenoxy) is 1. The summed E-state index contributed by atoms with van der Waals surface area (Å²) in [7, 11) is 1.80. The van der Waals surface area contributed by atoms with Gasteiger partial charge in [-0.1, -0.05) is 35.9 Å². The van der Waals surface area contributed by atoms with Gasteiger partial charge in [0.15, 0.2) is 11.4 Å². The maximum absolute atomic E-state index is 13.7. The molecular weight excluding hydrogens is 782 g/mol. The second kappa shape index (κ2) is 16.0. The molecule has 0 radical (unpaired) electrons. The van der Waals surface area contributed by atoms with Crippen LogP contribution in [0.5, 0.6) is 5.75 Å². The van der Waals surface area contributed by atoms with Crippen LogP contribution in [0, 0.1) is 6.92 Å². The monoisotopic (exact) mass is 823 g/mol. The number of carboxylic acids is 1. The molecule has 306 valence electrons. The minimum atomic E-state index is -3.10. The van der Waals surface area contributed by atoms with Crippen molar-refractivity contribution in [3.8, 4) is 28.3 Å². The summed E-state index contributed by atoms with van der Waals surface area (Å²) in [5.41, 5.74) is 5.84. The number of aromatic nitrogens is 3. The van der Waals surface area contributed by atoms with Gasteiger partial charge in [-0.25, -0.2) is 18.7 Å². The molecule has 8 rings (SSSR count). The number of benzene rings is 3. The summed E-state index contributed by atoms with van der Waals surface area (Å²) in [6, 6.07) is 13.0. The number of alkyl halides is 4. The van der Waals surface area contributed by atoms with E-state index in [4.69, 9.17) is 30.7 Å². The largest absolute Gasteiger partial charge is 0.480 e. The van der Waals surface area contributed by atoms with Crippen molar-refractivity contribution in [2.45, 2.75) is 64.3 Å². The van der Waals surface area contributed by atoms with Crippen molar-refractivity contribution in [3.05, 3.63) is 81.9 Å². The van der Waals surface area contributed by atoms with Crippen LogP contribution < -0.4 is 10.1 Å². The smallest absolute Gasteiger partial charge is 0.387 e. The van der Waals surface area contributed by atoms with Gasteiger partial charge in [-0.15, -0.1) is 0 Å². The number of hydrogen-bond acceptors (Lipinski definition) is 9. The number of rotatable bonds is 12. The molecule has 17 heteroatoms. The van der Waals surface area contributed by atoms with Gasteiger partial charge in [0.05, 0.1) is 22.9 Å². The number of carbonyl (C=O) groups is 2. The Kier molecular flexibility index (Phi) is 10.9. The lowest BCUT2D eigenvalue weighted by Gasteiger charge is -2.28. The van der Waals surface area contributed by atoms with E-state index in [0.717, 1.165) is 29.1 Å². The van der Waals surface area contributed by atoms with Crippen LogP contribution >= 0.6 is 11.6 Å². The number of hydrogen-bond donors (Lipinski definition) is 2. The number of imidazole rings is 1. The van der Waals surface area contributed by atoms with Crippen molar-refractivity contribution >= 4 is 40.3 Å². The van der Waals surface area contributed by atoms with E-state index in [1.807, 2.05) is 31.2 Å². The summed E-state index contributed by atoms with van der Waals surface area (Å²) in [6.07, 6.45) is 1.70. The SMILES string of the molecule is Cc1c(-c2nc3cc(CN4CCC[C@H]4C(=O)O)c(OC(F)F)cc3o2)cccc1-c1cccc(NC(=O)c2nc3c(n2C)CCN(CCN2CCC(F)(F)C2)C3)c1Cl. The van der Waals surface area contributed by atoms with Gasteiger partial charge in [0.2, 0.25) is 5.89 Å². The molecule has 5 heterocycles. The summed E-state index contributed by atoms with van der Waals surface area (Å²) in [6.45, 7) is 1.98. The molecule has 0 spiro atoms. The summed E-state index contributed by atoms with van der Waals surface area (Å²) in [5.74, 6) is -3.68. The molecule has 2 fully saturated rings. The number of aliphatic carboxylic acids is 1. The third-order valence-electron chi connectivity index (χ3n) is 11.4. The van der Waals surface area contributed by atoms with E-state index in [1.54, 1.807) is 39.6 Å². The predicted octanol–water partition coefficient (Wildman–Crippen LogP) is 7.46. The summed E-state index contributed by atoms with van der Waals surface area (Å²) in [5, 5.41) is 12.9. The quantitative estimate of drug-likeness (QED) is 0.122. The number of oxazole rings is 1. The van der Waals surface area contributed by atoms with Gasteiger partial charge in [-0.05, 0) is 55.6 Å². The molecule has 12 nitrogen and oxygen atoms in total. The van der Waals surface area contributed by atoms with Crippen LogP contribution in [0.25, 0.3) is 33.7 Å². The van der Waals surface area contributed by atoms with E-state index in [9.17, 15) is 32.3 Å². The fourth-order valence-electron chi connectivity index (χ4n) is 8.39. The van der Waals surface area contributed by atoms with Crippen LogP contribution in [0.1, 0.15) is 52.4 Å². The van der Waals surface area contributed by atoms with Crippen molar-refractivity contribution in [3.63, 3.8) is 0 Å². The van der Waals surface area contributed by atoms with Gasteiger partial charge in [0, 0.05) is 87.6 Å². The first-order valence-corrected chi connectivity index (χ1v) is 19.5. The first kappa shape index (κ1) is 39.8. The second-order valence-corrected chi connectivity index (χ2v) is 15.6. The first-order valence-electron chi connectivity index (χ1n) is 19.2. The maximum Gasteiger partial charge on any atom is 0.387 e. The molecule has 2 saturated heterocycles. The third-order valence-corrected chi connectivity index (χ3v) is 11.8. The molecule has 2 aromatic heterocycles. The highest BCUT2D eigenvalue weighted by Crippen LogP contribution is 2.40. The molecule has 58 heavy (non-hydrogen) atoms.